The molecule has 0 atom stereocenters. The van der Waals surface area contributed by atoms with Crippen LogP contribution in [0.15, 0.2) is 82.8 Å². The maximum absolute atomic E-state index is 12.7. The molecule has 118 valence electrons. The number of nitrogens with zero attached hydrogens (tertiary/aromatic N) is 1. The first-order chi connectivity index (χ1) is 12.3. The highest BCUT2D eigenvalue weighted by molar-refractivity contribution is 6.14. The molecule has 3 nitrogen and oxygen atoms in total. The summed E-state index contributed by atoms with van der Waals surface area (Å²) in [6, 6.07) is 24.7. The Morgan fingerprint density at radius 1 is 0.920 bits per heavy atom. The van der Waals surface area contributed by atoms with Gasteiger partial charge in [0.05, 0.1) is 0 Å². The van der Waals surface area contributed by atoms with Crippen molar-refractivity contribution in [2.75, 3.05) is 0 Å². The maximum atomic E-state index is 12.7. The minimum Gasteiger partial charge on any atom is -0.453 e. The molecule has 0 aliphatic carbocycles. The van der Waals surface area contributed by atoms with E-state index in [1.165, 1.54) is 0 Å². The number of hydrogen-bond acceptors (Lipinski definition) is 3. The van der Waals surface area contributed by atoms with Gasteiger partial charge in [-0.3, -0.25) is 4.79 Å². The maximum Gasteiger partial charge on any atom is 0.238 e. The number of nitriles is 1. The molecule has 0 unspecified atom stereocenters. The van der Waals surface area contributed by atoms with Gasteiger partial charge in [-0.25, -0.2) is 0 Å². The van der Waals surface area contributed by atoms with Gasteiger partial charge in [-0.2, -0.15) is 5.26 Å². The van der Waals surface area contributed by atoms with Crippen molar-refractivity contribution < 1.29 is 9.21 Å². The highest BCUT2D eigenvalue weighted by Crippen LogP contribution is 2.24. The van der Waals surface area contributed by atoms with Gasteiger partial charge < -0.3 is 4.42 Å². The van der Waals surface area contributed by atoms with Crippen LogP contribution >= 0.6 is 0 Å². The molecule has 0 bridgehead atoms. The minimum absolute atomic E-state index is 0.0513. The van der Waals surface area contributed by atoms with Crippen LogP contribution in [0.4, 0.5) is 0 Å². The van der Waals surface area contributed by atoms with E-state index in [1.54, 1.807) is 18.2 Å². The lowest BCUT2D eigenvalue weighted by Crippen LogP contribution is -2.00. The Hall–Kier alpha value is -3.64. The van der Waals surface area contributed by atoms with Crippen LogP contribution in [0.2, 0.25) is 0 Å². The minimum atomic E-state index is -0.411. The first-order valence-electron chi connectivity index (χ1n) is 7.89. The molecule has 4 aromatic rings. The monoisotopic (exact) mass is 323 g/mol. The van der Waals surface area contributed by atoms with Crippen molar-refractivity contribution in [3.05, 3.63) is 89.7 Å². The van der Waals surface area contributed by atoms with Crippen molar-refractivity contribution in [1.29, 1.82) is 5.26 Å². The topological polar surface area (TPSA) is 54.0 Å². The number of allylic oxidation sites excluding steroid dienone is 1. The number of benzene rings is 3. The van der Waals surface area contributed by atoms with E-state index in [-0.39, 0.29) is 11.3 Å². The van der Waals surface area contributed by atoms with Crippen LogP contribution in [-0.2, 0) is 0 Å². The van der Waals surface area contributed by atoms with Crippen LogP contribution < -0.4 is 0 Å². The molecule has 0 aliphatic heterocycles. The Bertz CT molecular complexity index is 1140. The van der Waals surface area contributed by atoms with Gasteiger partial charge in [0, 0.05) is 5.39 Å². The van der Waals surface area contributed by atoms with Crippen molar-refractivity contribution in [1.82, 2.24) is 0 Å². The number of Topliss-reactive ketones (excluding diaryl/α,β-unsaturated/α-hetero) is 1. The first-order valence-corrected chi connectivity index (χ1v) is 7.89. The molecule has 0 saturated heterocycles. The molecular weight excluding hydrogens is 310 g/mol. The van der Waals surface area contributed by atoms with Crippen LogP contribution in [0, 0.1) is 11.3 Å². The van der Waals surface area contributed by atoms with E-state index in [9.17, 15) is 10.1 Å². The third kappa shape index (κ3) is 2.71. The van der Waals surface area contributed by atoms with Gasteiger partial charge in [0.25, 0.3) is 0 Å². The fourth-order valence-corrected chi connectivity index (χ4v) is 2.91. The van der Waals surface area contributed by atoms with Crippen LogP contribution in [0.25, 0.3) is 27.8 Å². The van der Waals surface area contributed by atoms with Gasteiger partial charge in [0.1, 0.15) is 17.2 Å². The van der Waals surface area contributed by atoms with Crippen LogP contribution in [0.3, 0.4) is 0 Å². The second kappa shape index (κ2) is 6.10. The van der Waals surface area contributed by atoms with Gasteiger partial charge in [-0.05, 0) is 34.5 Å². The van der Waals surface area contributed by atoms with Crippen LogP contribution in [-0.4, -0.2) is 5.78 Å². The molecular formula is C22H13NO2. The number of rotatable bonds is 3. The van der Waals surface area contributed by atoms with Crippen molar-refractivity contribution in [3.63, 3.8) is 0 Å². The third-order valence-electron chi connectivity index (χ3n) is 4.14. The fourth-order valence-electron chi connectivity index (χ4n) is 2.91. The SMILES string of the molecule is N#C/C(=C\c1cccc2ccccc12)C(=O)c1cc2ccccc2o1. The smallest absolute Gasteiger partial charge is 0.238 e. The molecule has 0 saturated carbocycles. The summed E-state index contributed by atoms with van der Waals surface area (Å²) >= 11 is 0. The van der Waals surface area contributed by atoms with Gasteiger partial charge in [0.15, 0.2) is 5.76 Å². The number of carbonyl (C=O) groups excluding carboxylic acids is 1. The summed E-state index contributed by atoms with van der Waals surface area (Å²) in [5.74, 6) is -0.235. The average Bonchev–Trinajstić information content (AvgIpc) is 3.10. The van der Waals surface area contributed by atoms with Gasteiger partial charge in [-0.15, -0.1) is 0 Å². The lowest BCUT2D eigenvalue weighted by Gasteiger charge is -2.02. The van der Waals surface area contributed by atoms with E-state index >= 15 is 0 Å². The molecule has 3 aromatic carbocycles. The van der Waals surface area contributed by atoms with Gasteiger partial charge in [-0.1, -0.05) is 60.7 Å². The Morgan fingerprint density at radius 2 is 1.64 bits per heavy atom. The normalized spacial score (nSPS) is 11.6. The molecule has 0 radical (unpaired) electrons. The second-order valence-electron chi connectivity index (χ2n) is 5.72. The zero-order chi connectivity index (χ0) is 17.2. The predicted molar refractivity (Wildman–Crippen MR) is 98.1 cm³/mol. The van der Waals surface area contributed by atoms with E-state index in [4.69, 9.17) is 4.42 Å². The summed E-state index contributed by atoms with van der Waals surface area (Å²) in [6.07, 6.45) is 1.62. The summed E-state index contributed by atoms with van der Waals surface area (Å²) in [6.45, 7) is 0. The Labute approximate surface area is 144 Å². The van der Waals surface area contributed by atoms with E-state index in [1.807, 2.05) is 66.7 Å². The molecule has 0 aliphatic rings. The van der Waals surface area contributed by atoms with E-state index < -0.39 is 5.78 Å². The fraction of sp³-hybridized carbons (Fsp3) is 0. The zero-order valence-corrected chi connectivity index (χ0v) is 13.3. The standard InChI is InChI=1S/C22H13NO2/c23-14-18(12-16-9-5-8-15-6-1-3-10-19(15)16)22(24)21-13-17-7-2-4-11-20(17)25-21/h1-13H/b18-12+. The zero-order valence-electron chi connectivity index (χ0n) is 13.3. The highest BCUT2D eigenvalue weighted by atomic mass is 16.3. The Kier molecular flexibility index (Phi) is 3.64. The molecule has 1 heterocycles. The second-order valence-corrected chi connectivity index (χ2v) is 5.72. The summed E-state index contributed by atoms with van der Waals surface area (Å²) in [5.41, 5.74) is 1.52. The largest absolute Gasteiger partial charge is 0.453 e. The summed E-state index contributed by atoms with van der Waals surface area (Å²) in [7, 11) is 0. The van der Waals surface area contributed by atoms with Crippen molar-refractivity contribution in [3.8, 4) is 6.07 Å². The molecule has 0 fully saturated rings. The summed E-state index contributed by atoms with van der Waals surface area (Å²) < 4.78 is 5.60. The van der Waals surface area contributed by atoms with E-state index in [0.717, 1.165) is 21.7 Å². The highest BCUT2D eigenvalue weighted by Gasteiger charge is 2.17. The summed E-state index contributed by atoms with van der Waals surface area (Å²) in [4.78, 5) is 12.7. The van der Waals surface area contributed by atoms with Gasteiger partial charge in [0.2, 0.25) is 5.78 Å². The quantitative estimate of drug-likeness (QED) is 0.289. The van der Waals surface area contributed by atoms with E-state index in [0.29, 0.717) is 5.58 Å². The van der Waals surface area contributed by atoms with Crippen molar-refractivity contribution in [2.24, 2.45) is 0 Å². The molecule has 0 N–H and O–H groups in total. The average molecular weight is 323 g/mol. The number of hydrogen-bond donors (Lipinski definition) is 0. The molecule has 1 aromatic heterocycles. The molecule has 0 amide bonds. The number of ketones is 1. The lowest BCUT2D eigenvalue weighted by molar-refractivity contribution is 0.101. The molecule has 3 heteroatoms. The lowest BCUT2D eigenvalue weighted by atomic mass is 10.0. The van der Waals surface area contributed by atoms with Crippen LogP contribution in [0.5, 0.6) is 0 Å². The number of fused-ring (bicyclic) bond motifs is 2. The first kappa shape index (κ1) is 14.9. The van der Waals surface area contributed by atoms with Crippen molar-refractivity contribution in [2.45, 2.75) is 0 Å². The summed E-state index contributed by atoms with van der Waals surface area (Å²) in [5, 5.41) is 12.4. The predicted octanol–water partition coefficient (Wildman–Crippen LogP) is 5.38. The number of carbonyl (C=O) groups is 1. The van der Waals surface area contributed by atoms with E-state index in [2.05, 4.69) is 0 Å². The third-order valence-corrected chi connectivity index (χ3v) is 4.14. The van der Waals surface area contributed by atoms with Gasteiger partial charge >= 0.3 is 0 Å². The molecule has 0 spiro atoms. The van der Waals surface area contributed by atoms with Crippen molar-refractivity contribution >= 4 is 33.6 Å². The Morgan fingerprint density at radius 3 is 2.44 bits per heavy atom. The molecule has 4 rings (SSSR count). The number of para-hydroxylation sites is 1. The number of furan rings is 1. The molecule has 25 heavy (non-hydrogen) atoms. The Balaban J connectivity index is 1.80. The van der Waals surface area contributed by atoms with Crippen LogP contribution in [0.1, 0.15) is 16.1 Å².